The molecule has 0 bridgehead atoms. The molecule has 1 heterocycles. The normalized spacial score (nSPS) is 11.6. The number of esters is 1. The Morgan fingerprint density at radius 2 is 1.57 bits per heavy atom. The van der Waals surface area contributed by atoms with Gasteiger partial charge in [0, 0.05) is 19.2 Å². The van der Waals surface area contributed by atoms with E-state index in [0.29, 0.717) is 22.2 Å². The minimum absolute atomic E-state index is 0.197. The number of carbonyl (C=O) groups excluding carboxylic acids is 2. The summed E-state index contributed by atoms with van der Waals surface area (Å²) in [6.07, 6.45) is 0. The number of carbonyl (C=O) groups is 2. The summed E-state index contributed by atoms with van der Waals surface area (Å²) in [5.41, 5.74) is 1.55. The Bertz CT molecular complexity index is 1120. The van der Waals surface area contributed by atoms with Crippen LogP contribution in [0.25, 0.3) is 10.9 Å². The fourth-order valence-electron chi connectivity index (χ4n) is 3.45. The fraction of sp³-hybridized carbons (Fsp3) is 0.182. The summed E-state index contributed by atoms with van der Waals surface area (Å²) in [6, 6.07) is 20.0. The maximum Gasteiger partial charge on any atom is 0.308 e. The van der Waals surface area contributed by atoms with Crippen molar-refractivity contribution in [2.24, 2.45) is 5.92 Å². The molecule has 0 radical (unpaired) electrons. The highest BCUT2D eigenvalue weighted by atomic mass is 16.5. The molecule has 0 N–H and O–H groups in total. The zero-order valence-electron chi connectivity index (χ0n) is 15.4. The lowest BCUT2D eigenvalue weighted by atomic mass is 9.84. The number of rotatable bonds is 4. The Kier molecular flexibility index (Phi) is 5.24. The van der Waals surface area contributed by atoms with E-state index in [2.05, 4.69) is 0 Å². The molecular formula is C22H17N3O3. The van der Waals surface area contributed by atoms with Crippen molar-refractivity contribution in [2.75, 3.05) is 0 Å². The molecule has 2 aromatic carbocycles. The van der Waals surface area contributed by atoms with Crippen molar-refractivity contribution in [3.8, 4) is 17.9 Å². The number of ether oxygens (including phenoxy) is 1. The monoisotopic (exact) mass is 371 g/mol. The van der Waals surface area contributed by atoms with E-state index in [1.807, 2.05) is 18.2 Å². The first-order valence-electron chi connectivity index (χ1n) is 8.66. The van der Waals surface area contributed by atoms with Gasteiger partial charge in [0.1, 0.15) is 5.92 Å². The summed E-state index contributed by atoms with van der Waals surface area (Å²) in [7, 11) is 0. The molecule has 3 aromatic rings. The lowest BCUT2D eigenvalue weighted by molar-refractivity contribution is -0.131. The smallest absolute Gasteiger partial charge is 0.308 e. The van der Waals surface area contributed by atoms with Crippen LogP contribution < -0.4 is 4.74 Å². The highest BCUT2D eigenvalue weighted by Crippen LogP contribution is 2.43. The van der Waals surface area contributed by atoms with E-state index in [1.54, 1.807) is 48.5 Å². The van der Waals surface area contributed by atoms with Crippen LogP contribution in [0.4, 0.5) is 0 Å². The Morgan fingerprint density at radius 1 is 0.964 bits per heavy atom. The molecule has 1 atom stereocenters. The number of nitrogens with zero attached hydrogens (tertiary/aromatic N) is 3. The van der Waals surface area contributed by atoms with Crippen LogP contribution >= 0.6 is 0 Å². The summed E-state index contributed by atoms with van der Waals surface area (Å²) in [6.45, 7) is 2.66. The lowest BCUT2D eigenvalue weighted by Crippen LogP contribution is -2.20. The van der Waals surface area contributed by atoms with Gasteiger partial charge >= 0.3 is 5.97 Å². The molecule has 1 unspecified atom stereocenters. The van der Waals surface area contributed by atoms with Crippen molar-refractivity contribution < 1.29 is 14.3 Å². The van der Waals surface area contributed by atoms with Gasteiger partial charge in [-0.1, -0.05) is 42.5 Å². The Hall–Kier alpha value is -3.90. The number of aromatic nitrogens is 1. The third-order valence-corrected chi connectivity index (χ3v) is 4.49. The van der Waals surface area contributed by atoms with Crippen LogP contribution in [0.1, 0.15) is 35.8 Å². The van der Waals surface area contributed by atoms with Crippen molar-refractivity contribution in [1.82, 2.24) is 4.57 Å². The second-order valence-corrected chi connectivity index (χ2v) is 6.30. The van der Waals surface area contributed by atoms with Gasteiger partial charge in [-0.3, -0.25) is 14.2 Å². The maximum atomic E-state index is 12.6. The van der Waals surface area contributed by atoms with E-state index in [0.717, 1.165) is 0 Å². The molecule has 0 fully saturated rings. The molecule has 3 rings (SSSR count). The number of benzene rings is 2. The zero-order valence-corrected chi connectivity index (χ0v) is 15.4. The maximum absolute atomic E-state index is 12.6. The van der Waals surface area contributed by atoms with E-state index in [4.69, 9.17) is 4.74 Å². The number of hydrogen-bond acceptors (Lipinski definition) is 5. The van der Waals surface area contributed by atoms with Gasteiger partial charge in [-0.15, -0.1) is 0 Å². The molecule has 0 saturated carbocycles. The van der Waals surface area contributed by atoms with Crippen LogP contribution in [0.2, 0.25) is 0 Å². The van der Waals surface area contributed by atoms with Gasteiger partial charge in [0.15, 0.2) is 5.75 Å². The Morgan fingerprint density at radius 3 is 2.14 bits per heavy atom. The Labute approximate surface area is 162 Å². The van der Waals surface area contributed by atoms with E-state index < -0.39 is 17.8 Å². The van der Waals surface area contributed by atoms with Crippen molar-refractivity contribution in [1.29, 1.82) is 10.5 Å². The van der Waals surface area contributed by atoms with Crippen molar-refractivity contribution in [2.45, 2.75) is 19.8 Å². The molecule has 0 amide bonds. The van der Waals surface area contributed by atoms with Gasteiger partial charge in [0.05, 0.1) is 29.3 Å². The number of fused-ring (bicyclic) bond motifs is 1. The third kappa shape index (κ3) is 3.24. The standard InChI is InChI=1S/C22H17N3O3/c1-14(26)25-19-11-7-6-10-18(19)22(28-15(2)27)21(25)20(17(12-23)13-24)16-8-4-3-5-9-16/h3-11,17,20H,1-2H3. The van der Waals surface area contributed by atoms with Crippen molar-refractivity contribution >= 4 is 22.8 Å². The average Bonchev–Trinajstić information content (AvgIpc) is 3.00. The number of nitriles is 2. The van der Waals surface area contributed by atoms with Crippen LogP contribution in [-0.4, -0.2) is 16.4 Å². The summed E-state index contributed by atoms with van der Waals surface area (Å²) in [5, 5.41) is 19.8. The first kappa shape index (κ1) is 18.9. The number of hydrogen-bond donors (Lipinski definition) is 0. The van der Waals surface area contributed by atoms with Crippen LogP contribution in [0.5, 0.6) is 5.75 Å². The second kappa shape index (κ2) is 7.77. The van der Waals surface area contributed by atoms with E-state index in [1.165, 1.54) is 18.4 Å². The molecular weight excluding hydrogens is 354 g/mol. The fourth-order valence-corrected chi connectivity index (χ4v) is 3.45. The molecule has 0 aliphatic rings. The quantitative estimate of drug-likeness (QED) is 0.645. The van der Waals surface area contributed by atoms with Crippen molar-refractivity contribution in [3.63, 3.8) is 0 Å². The van der Waals surface area contributed by atoms with Crippen LogP contribution in [0.15, 0.2) is 54.6 Å². The number of para-hydroxylation sites is 1. The molecule has 0 aliphatic carbocycles. The lowest BCUT2D eigenvalue weighted by Gasteiger charge is -2.21. The topological polar surface area (TPSA) is 95.9 Å². The van der Waals surface area contributed by atoms with E-state index >= 15 is 0 Å². The molecule has 138 valence electrons. The minimum atomic E-state index is -1.08. The van der Waals surface area contributed by atoms with Crippen molar-refractivity contribution in [3.05, 3.63) is 65.9 Å². The minimum Gasteiger partial charge on any atom is -0.424 e. The van der Waals surface area contributed by atoms with E-state index in [9.17, 15) is 20.1 Å². The zero-order chi connectivity index (χ0) is 20.3. The summed E-state index contributed by atoms with van der Waals surface area (Å²) in [4.78, 5) is 24.4. The van der Waals surface area contributed by atoms with Crippen LogP contribution in [0, 0.1) is 28.6 Å². The first-order valence-corrected chi connectivity index (χ1v) is 8.66. The summed E-state index contributed by atoms with van der Waals surface area (Å²) >= 11 is 0. The van der Waals surface area contributed by atoms with E-state index in [-0.39, 0.29) is 11.7 Å². The predicted molar refractivity (Wildman–Crippen MR) is 103 cm³/mol. The van der Waals surface area contributed by atoms with Crippen LogP contribution in [-0.2, 0) is 4.79 Å². The largest absolute Gasteiger partial charge is 0.424 e. The second-order valence-electron chi connectivity index (χ2n) is 6.30. The molecule has 6 nitrogen and oxygen atoms in total. The average molecular weight is 371 g/mol. The van der Waals surface area contributed by atoms with Gasteiger partial charge in [-0.2, -0.15) is 10.5 Å². The molecule has 1 aromatic heterocycles. The molecule has 28 heavy (non-hydrogen) atoms. The molecule has 6 heteroatoms. The first-order chi connectivity index (χ1) is 13.5. The highest BCUT2D eigenvalue weighted by molar-refractivity contribution is 5.98. The van der Waals surface area contributed by atoms with Gasteiger partial charge < -0.3 is 4.74 Å². The summed E-state index contributed by atoms with van der Waals surface area (Å²) < 4.78 is 6.92. The molecule has 0 spiro atoms. The van der Waals surface area contributed by atoms with Gasteiger partial charge in [0.2, 0.25) is 5.91 Å². The van der Waals surface area contributed by atoms with Gasteiger partial charge in [0.25, 0.3) is 0 Å². The summed E-state index contributed by atoms with van der Waals surface area (Å²) in [5.74, 6) is -2.52. The Balaban J connectivity index is 2.46. The highest BCUT2D eigenvalue weighted by Gasteiger charge is 2.34. The predicted octanol–water partition coefficient (Wildman–Crippen LogP) is 4.02. The van der Waals surface area contributed by atoms with Crippen LogP contribution in [0.3, 0.4) is 0 Å². The molecule has 0 aliphatic heterocycles. The SMILES string of the molecule is CC(=O)Oc1c(C(c2ccccc2)C(C#N)C#N)n(C(C)=O)c2ccccc12. The third-order valence-electron chi connectivity index (χ3n) is 4.49. The van der Waals surface area contributed by atoms with Gasteiger partial charge in [-0.25, -0.2) is 0 Å². The van der Waals surface area contributed by atoms with Gasteiger partial charge in [-0.05, 0) is 17.7 Å². The molecule has 0 saturated heterocycles.